The molecule has 0 saturated carbocycles. The maximum atomic E-state index is 13.3. The number of amides is 1. The molecule has 1 aliphatic carbocycles. The molecule has 5 nitrogen and oxygen atoms in total. The third-order valence-corrected chi connectivity index (χ3v) is 6.14. The summed E-state index contributed by atoms with van der Waals surface area (Å²) in [5.74, 6) is 1.46. The Hall–Kier alpha value is -3.54. The van der Waals surface area contributed by atoms with Gasteiger partial charge in [0.1, 0.15) is 18.2 Å². The van der Waals surface area contributed by atoms with E-state index < -0.39 is 0 Å². The normalized spacial score (nSPS) is 12.9. The van der Waals surface area contributed by atoms with Gasteiger partial charge in [0, 0.05) is 28.9 Å². The molecule has 1 aromatic heterocycles. The van der Waals surface area contributed by atoms with E-state index in [0.29, 0.717) is 5.56 Å². The average Bonchev–Trinajstić information content (AvgIpc) is 3.22. The van der Waals surface area contributed by atoms with E-state index in [1.807, 2.05) is 43.3 Å². The molecule has 1 heterocycles. The first-order valence-corrected chi connectivity index (χ1v) is 12.0. The highest BCUT2D eigenvalue weighted by molar-refractivity contribution is 6.15. The van der Waals surface area contributed by atoms with Crippen molar-refractivity contribution in [3.63, 3.8) is 0 Å². The summed E-state index contributed by atoms with van der Waals surface area (Å²) < 4.78 is 24.2. The van der Waals surface area contributed by atoms with Crippen LogP contribution in [0, 0.1) is 0 Å². The Morgan fingerprint density at radius 1 is 1.00 bits per heavy atom. The highest BCUT2D eigenvalue weighted by Crippen LogP contribution is 2.39. The van der Waals surface area contributed by atoms with E-state index in [4.69, 9.17) is 9.47 Å². The van der Waals surface area contributed by atoms with Crippen molar-refractivity contribution < 1.29 is 18.7 Å². The summed E-state index contributed by atoms with van der Waals surface area (Å²) >= 11 is 0. The lowest BCUT2D eigenvalue weighted by atomic mass is 9.93. The van der Waals surface area contributed by atoms with Crippen molar-refractivity contribution in [3.05, 3.63) is 77.5 Å². The zero-order valence-electron chi connectivity index (χ0n) is 21.1. The average molecular weight is 479 g/mol. The molecule has 0 fully saturated rings. The van der Waals surface area contributed by atoms with Gasteiger partial charge in [-0.2, -0.15) is 0 Å². The molecule has 3 aromatic rings. The van der Waals surface area contributed by atoms with E-state index in [1.54, 1.807) is 27.2 Å². The number of carbonyl (C=O) groups is 1. The second kappa shape index (κ2) is 12.8. The second-order valence-corrected chi connectivity index (χ2v) is 8.26. The quantitative estimate of drug-likeness (QED) is 0.376. The molecule has 6 heteroatoms. The molecule has 186 valence electrons. The van der Waals surface area contributed by atoms with Crippen LogP contribution in [-0.4, -0.2) is 31.4 Å². The number of aromatic nitrogens is 1. The van der Waals surface area contributed by atoms with E-state index >= 15 is 0 Å². The molecule has 0 bridgehead atoms. The lowest BCUT2D eigenvalue weighted by Crippen LogP contribution is -2.13. The van der Waals surface area contributed by atoms with Crippen molar-refractivity contribution in [3.8, 4) is 11.5 Å². The van der Waals surface area contributed by atoms with Gasteiger partial charge in [0.2, 0.25) is 0 Å². The SMILES string of the molecule is C/C=C/Cn1c2c(c3c(C(=O)Nc4ccc(OC)cc4)ccc(OC)c31)CCCC2.C/C=C\CF. The van der Waals surface area contributed by atoms with E-state index in [2.05, 4.69) is 22.0 Å². The fourth-order valence-corrected chi connectivity index (χ4v) is 4.47. The monoisotopic (exact) mass is 478 g/mol. The predicted octanol–water partition coefficient (Wildman–Crippen LogP) is 6.90. The number of ether oxygens (including phenoxy) is 2. The number of allylic oxidation sites excluding steroid dienone is 4. The molecule has 35 heavy (non-hydrogen) atoms. The standard InChI is InChI=1S/C25H28N2O3.C4H7F/c1-4-5-16-27-21-9-7-6-8-19(21)23-20(14-15-22(30-3)24(23)27)25(28)26-17-10-12-18(29-2)13-11-17;1-2-3-4-5/h4-5,10-15H,6-9,16H2,1-3H3,(H,26,28);2-3H,4H2,1H3/b5-4+;3-2-. The third kappa shape index (κ3) is 5.94. The largest absolute Gasteiger partial charge is 0.497 e. The van der Waals surface area contributed by atoms with Gasteiger partial charge in [0.05, 0.1) is 19.7 Å². The van der Waals surface area contributed by atoms with Crippen LogP contribution in [0.4, 0.5) is 10.1 Å². The highest BCUT2D eigenvalue weighted by Gasteiger charge is 2.26. The molecule has 0 aliphatic heterocycles. The Balaban J connectivity index is 0.000000623. The summed E-state index contributed by atoms with van der Waals surface area (Å²) in [6, 6.07) is 11.2. The summed E-state index contributed by atoms with van der Waals surface area (Å²) in [6.07, 6.45) is 11.7. The molecule has 1 amide bonds. The van der Waals surface area contributed by atoms with Crippen molar-refractivity contribution in [1.82, 2.24) is 4.57 Å². The first-order valence-electron chi connectivity index (χ1n) is 12.0. The van der Waals surface area contributed by atoms with Crippen LogP contribution in [0.25, 0.3) is 10.9 Å². The van der Waals surface area contributed by atoms with Crippen LogP contribution in [0.15, 0.2) is 60.7 Å². The molecular formula is C29H35FN2O3. The summed E-state index contributed by atoms with van der Waals surface area (Å²) in [6.45, 7) is 4.27. The van der Waals surface area contributed by atoms with Crippen LogP contribution in [-0.2, 0) is 19.4 Å². The van der Waals surface area contributed by atoms with Crippen molar-refractivity contribution in [2.75, 3.05) is 26.2 Å². The Morgan fingerprint density at radius 3 is 2.31 bits per heavy atom. The molecule has 1 aliphatic rings. The number of anilines is 1. The maximum Gasteiger partial charge on any atom is 0.256 e. The molecule has 4 rings (SSSR count). The smallest absolute Gasteiger partial charge is 0.256 e. The van der Waals surface area contributed by atoms with Crippen LogP contribution >= 0.6 is 0 Å². The topological polar surface area (TPSA) is 52.5 Å². The number of benzene rings is 2. The van der Waals surface area contributed by atoms with Gasteiger partial charge in [-0.05, 0) is 81.5 Å². The van der Waals surface area contributed by atoms with Crippen molar-refractivity contribution in [1.29, 1.82) is 0 Å². The number of halogens is 1. The molecular weight excluding hydrogens is 443 g/mol. The van der Waals surface area contributed by atoms with Gasteiger partial charge in [-0.3, -0.25) is 4.79 Å². The van der Waals surface area contributed by atoms with Crippen LogP contribution < -0.4 is 14.8 Å². The number of carbonyl (C=O) groups excluding carboxylic acids is 1. The van der Waals surface area contributed by atoms with Gasteiger partial charge in [0.25, 0.3) is 5.91 Å². The van der Waals surface area contributed by atoms with Crippen molar-refractivity contribution in [2.45, 2.75) is 46.1 Å². The maximum absolute atomic E-state index is 13.3. The van der Waals surface area contributed by atoms with Gasteiger partial charge < -0.3 is 19.4 Å². The van der Waals surface area contributed by atoms with Crippen LogP contribution in [0.3, 0.4) is 0 Å². The lowest BCUT2D eigenvalue weighted by Gasteiger charge is -2.15. The van der Waals surface area contributed by atoms with Gasteiger partial charge in [-0.1, -0.05) is 24.3 Å². The van der Waals surface area contributed by atoms with Crippen LogP contribution in [0.1, 0.15) is 48.3 Å². The lowest BCUT2D eigenvalue weighted by molar-refractivity contribution is 0.102. The fourth-order valence-electron chi connectivity index (χ4n) is 4.47. The molecule has 0 saturated heterocycles. The Bertz CT molecular complexity index is 1190. The minimum absolute atomic E-state index is 0.107. The number of hydrogen-bond donors (Lipinski definition) is 1. The second-order valence-electron chi connectivity index (χ2n) is 8.26. The molecule has 2 aromatic carbocycles. The van der Waals surface area contributed by atoms with E-state index in [1.165, 1.54) is 23.8 Å². The number of alkyl halides is 1. The summed E-state index contributed by atoms with van der Waals surface area (Å²) in [7, 11) is 3.32. The number of methoxy groups -OCH3 is 2. The van der Waals surface area contributed by atoms with Gasteiger partial charge in [-0.15, -0.1) is 0 Å². The zero-order valence-corrected chi connectivity index (χ0v) is 21.1. The number of nitrogens with zero attached hydrogens (tertiary/aromatic N) is 1. The number of hydrogen-bond acceptors (Lipinski definition) is 3. The molecule has 0 spiro atoms. The van der Waals surface area contributed by atoms with E-state index in [-0.39, 0.29) is 12.6 Å². The molecule has 0 radical (unpaired) electrons. The van der Waals surface area contributed by atoms with Gasteiger partial charge in [-0.25, -0.2) is 4.39 Å². The molecule has 0 atom stereocenters. The summed E-state index contributed by atoms with van der Waals surface area (Å²) in [4.78, 5) is 13.3. The van der Waals surface area contributed by atoms with Crippen LogP contribution in [0.5, 0.6) is 11.5 Å². The van der Waals surface area contributed by atoms with E-state index in [0.717, 1.165) is 53.9 Å². The Morgan fingerprint density at radius 2 is 1.71 bits per heavy atom. The third-order valence-electron chi connectivity index (χ3n) is 6.14. The molecule has 0 unspecified atom stereocenters. The first kappa shape index (κ1) is 26.1. The minimum atomic E-state index is -0.337. The number of nitrogens with one attached hydrogen (secondary N) is 1. The van der Waals surface area contributed by atoms with Crippen LogP contribution in [0.2, 0.25) is 0 Å². The summed E-state index contributed by atoms with van der Waals surface area (Å²) in [5, 5.41) is 4.07. The number of fused-ring (bicyclic) bond motifs is 3. The minimum Gasteiger partial charge on any atom is -0.497 e. The Kier molecular flexibility index (Phi) is 9.53. The fraction of sp³-hybridized carbons (Fsp3) is 0.345. The van der Waals surface area contributed by atoms with Crippen molar-refractivity contribution >= 4 is 22.5 Å². The first-order chi connectivity index (χ1) is 17.1. The molecule has 1 N–H and O–H groups in total. The zero-order chi connectivity index (χ0) is 25.2. The highest BCUT2D eigenvalue weighted by atomic mass is 19.1. The Labute approximate surface area is 207 Å². The van der Waals surface area contributed by atoms with E-state index in [9.17, 15) is 9.18 Å². The number of aryl methyl sites for hydroxylation is 1. The van der Waals surface area contributed by atoms with Gasteiger partial charge in [0.15, 0.2) is 0 Å². The van der Waals surface area contributed by atoms with Gasteiger partial charge >= 0.3 is 0 Å². The summed E-state index contributed by atoms with van der Waals surface area (Å²) in [5.41, 5.74) is 5.08. The number of rotatable bonds is 7. The predicted molar refractivity (Wildman–Crippen MR) is 142 cm³/mol. The van der Waals surface area contributed by atoms with Crippen molar-refractivity contribution in [2.24, 2.45) is 0 Å².